The van der Waals surface area contributed by atoms with Crippen molar-refractivity contribution in [3.8, 4) is 0 Å². The van der Waals surface area contributed by atoms with Gasteiger partial charge in [-0.25, -0.2) is 13.6 Å². The van der Waals surface area contributed by atoms with Gasteiger partial charge in [0.05, 0.1) is 18.2 Å². The Hall–Kier alpha value is -3.49. The Kier molecular flexibility index (Phi) is 6.64. The first-order valence-corrected chi connectivity index (χ1v) is 12.3. The third-order valence-electron chi connectivity index (χ3n) is 7.39. The molecule has 0 bridgehead atoms. The molecule has 190 valence electrons. The lowest BCUT2D eigenvalue weighted by atomic mass is 9.68. The second kappa shape index (κ2) is 9.87. The zero-order chi connectivity index (χ0) is 25.4. The van der Waals surface area contributed by atoms with E-state index in [9.17, 15) is 23.2 Å². The molecule has 0 saturated heterocycles. The summed E-state index contributed by atoms with van der Waals surface area (Å²) < 4.78 is 33.0. The maximum Gasteiger partial charge on any atom is 0.414 e. The Morgan fingerprint density at radius 1 is 1.03 bits per heavy atom. The molecule has 2 saturated carbocycles. The Labute approximate surface area is 207 Å². The Morgan fingerprint density at radius 3 is 2.39 bits per heavy atom. The van der Waals surface area contributed by atoms with Crippen LogP contribution in [0.3, 0.4) is 0 Å². The summed E-state index contributed by atoms with van der Waals surface area (Å²) in [5.41, 5.74) is 1.63. The second-order valence-corrected chi connectivity index (χ2v) is 9.71. The third-order valence-corrected chi connectivity index (χ3v) is 7.39. The number of carbonyl (C=O) groups excluding carboxylic acids is 2. The van der Waals surface area contributed by atoms with Gasteiger partial charge in [-0.3, -0.25) is 14.5 Å². The number of carboxylic acid groups (broad SMARTS) is 1. The van der Waals surface area contributed by atoms with Gasteiger partial charge in [0.25, 0.3) is 6.43 Å². The van der Waals surface area contributed by atoms with Gasteiger partial charge >= 0.3 is 12.1 Å². The zero-order valence-electron chi connectivity index (χ0n) is 19.7. The minimum atomic E-state index is -2.70. The van der Waals surface area contributed by atoms with Crippen molar-refractivity contribution in [1.29, 1.82) is 0 Å². The van der Waals surface area contributed by atoms with Crippen molar-refractivity contribution in [1.82, 2.24) is 4.90 Å². The SMILES string of the molecule is O=C(O)CCC(=O)N(C1CC1)C1c2cc(C(F)F)ccc2N(C(=O)OCc2ccccc2)C2CCC21. The highest BCUT2D eigenvalue weighted by atomic mass is 19.3. The molecule has 0 aromatic heterocycles. The lowest BCUT2D eigenvalue weighted by molar-refractivity contribution is -0.143. The van der Waals surface area contributed by atoms with E-state index >= 15 is 0 Å². The summed E-state index contributed by atoms with van der Waals surface area (Å²) >= 11 is 0. The maximum absolute atomic E-state index is 13.7. The summed E-state index contributed by atoms with van der Waals surface area (Å²) in [4.78, 5) is 40.9. The molecule has 0 spiro atoms. The van der Waals surface area contributed by atoms with Crippen LogP contribution in [0.25, 0.3) is 0 Å². The second-order valence-electron chi connectivity index (χ2n) is 9.71. The molecule has 3 aliphatic rings. The monoisotopic (exact) mass is 498 g/mol. The summed E-state index contributed by atoms with van der Waals surface area (Å²) in [6.07, 6.45) is -0.667. The third kappa shape index (κ3) is 4.66. The number of carbonyl (C=O) groups is 3. The molecule has 5 rings (SSSR count). The molecule has 2 aromatic rings. The lowest BCUT2D eigenvalue weighted by Gasteiger charge is -2.54. The van der Waals surface area contributed by atoms with Crippen molar-refractivity contribution < 1.29 is 33.0 Å². The van der Waals surface area contributed by atoms with Crippen LogP contribution in [0.4, 0.5) is 19.3 Å². The van der Waals surface area contributed by atoms with Crippen molar-refractivity contribution in [2.45, 2.75) is 69.7 Å². The number of hydrogen-bond acceptors (Lipinski definition) is 4. The van der Waals surface area contributed by atoms with Crippen LogP contribution in [0.5, 0.6) is 0 Å². The van der Waals surface area contributed by atoms with Crippen LogP contribution in [0.1, 0.15) is 67.7 Å². The minimum Gasteiger partial charge on any atom is -0.481 e. The molecule has 2 aromatic carbocycles. The first-order chi connectivity index (χ1) is 17.3. The summed E-state index contributed by atoms with van der Waals surface area (Å²) in [7, 11) is 0. The fraction of sp³-hybridized carbons (Fsp3) is 0.444. The smallest absolute Gasteiger partial charge is 0.414 e. The Balaban J connectivity index is 1.49. The van der Waals surface area contributed by atoms with Crippen LogP contribution >= 0.6 is 0 Å². The average molecular weight is 499 g/mol. The van der Waals surface area contributed by atoms with Gasteiger partial charge in [-0.05, 0) is 48.9 Å². The highest BCUT2D eigenvalue weighted by molar-refractivity contribution is 5.91. The van der Waals surface area contributed by atoms with Crippen LogP contribution in [0.15, 0.2) is 48.5 Å². The van der Waals surface area contributed by atoms with E-state index in [1.54, 1.807) is 9.80 Å². The Morgan fingerprint density at radius 2 is 1.78 bits per heavy atom. The molecule has 3 unspecified atom stereocenters. The molecular weight excluding hydrogens is 470 g/mol. The summed E-state index contributed by atoms with van der Waals surface area (Å²) in [6, 6.07) is 12.8. The number of ether oxygens (including phenoxy) is 1. The van der Waals surface area contributed by atoms with Gasteiger partial charge in [0.1, 0.15) is 6.61 Å². The Bertz CT molecular complexity index is 1150. The number of amides is 2. The summed E-state index contributed by atoms with van der Waals surface area (Å²) in [5, 5.41) is 9.09. The van der Waals surface area contributed by atoms with Gasteiger partial charge in [0, 0.05) is 30.0 Å². The number of rotatable bonds is 8. The van der Waals surface area contributed by atoms with Crippen LogP contribution in [-0.2, 0) is 20.9 Å². The standard InChI is InChI=1S/C27H28F2N2O5/c28-26(29)17-6-10-22-20(14-17)25(30(18-7-8-18)23(32)12-13-24(33)34)19-9-11-21(19)31(22)27(35)36-15-16-4-2-1-3-5-16/h1-6,10,14,18-19,21,25-26H,7-9,11-13,15H2,(H,33,34). The zero-order valence-corrected chi connectivity index (χ0v) is 19.7. The van der Waals surface area contributed by atoms with Gasteiger partial charge in [-0.1, -0.05) is 36.4 Å². The molecule has 2 aliphatic carbocycles. The van der Waals surface area contributed by atoms with Gasteiger partial charge in [0.2, 0.25) is 5.91 Å². The van der Waals surface area contributed by atoms with Crippen molar-refractivity contribution >= 4 is 23.7 Å². The van der Waals surface area contributed by atoms with E-state index < -0.39 is 24.5 Å². The van der Waals surface area contributed by atoms with E-state index in [0.717, 1.165) is 24.8 Å². The number of alkyl halides is 2. The molecule has 2 amide bonds. The van der Waals surface area contributed by atoms with Crippen LogP contribution in [-0.4, -0.2) is 40.1 Å². The maximum atomic E-state index is 13.7. The van der Waals surface area contributed by atoms with Crippen molar-refractivity contribution in [3.63, 3.8) is 0 Å². The molecule has 1 heterocycles. The topological polar surface area (TPSA) is 87.2 Å². The number of hydrogen-bond donors (Lipinski definition) is 1. The molecule has 0 radical (unpaired) electrons. The predicted octanol–water partition coefficient (Wildman–Crippen LogP) is 5.46. The quantitative estimate of drug-likeness (QED) is 0.523. The highest BCUT2D eigenvalue weighted by Gasteiger charge is 2.54. The van der Waals surface area contributed by atoms with E-state index in [2.05, 4.69) is 0 Å². The molecule has 9 heteroatoms. The number of nitrogens with zero attached hydrogens (tertiary/aromatic N) is 2. The fourth-order valence-electron chi connectivity index (χ4n) is 5.43. The first kappa shape index (κ1) is 24.2. The van der Waals surface area contributed by atoms with Crippen molar-refractivity contribution in [3.05, 3.63) is 65.2 Å². The van der Waals surface area contributed by atoms with Gasteiger partial charge in [0.15, 0.2) is 0 Å². The number of anilines is 1. The van der Waals surface area contributed by atoms with E-state index in [1.807, 2.05) is 30.3 Å². The molecule has 36 heavy (non-hydrogen) atoms. The normalized spacial score (nSPS) is 22.3. The van der Waals surface area contributed by atoms with E-state index in [-0.39, 0.29) is 48.9 Å². The average Bonchev–Trinajstić information content (AvgIpc) is 3.68. The van der Waals surface area contributed by atoms with Crippen molar-refractivity contribution in [2.75, 3.05) is 4.90 Å². The fourth-order valence-corrected chi connectivity index (χ4v) is 5.43. The van der Waals surface area contributed by atoms with Gasteiger partial charge in [-0.2, -0.15) is 0 Å². The van der Waals surface area contributed by atoms with Gasteiger partial charge < -0.3 is 14.7 Å². The molecule has 1 N–H and O–H groups in total. The summed E-state index contributed by atoms with van der Waals surface area (Å²) in [6.45, 7) is 0.0866. The van der Waals surface area contributed by atoms with E-state index in [0.29, 0.717) is 17.7 Å². The number of benzene rings is 2. The predicted molar refractivity (Wildman–Crippen MR) is 126 cm³/mol. The van der Waals surface area contributed by atoms with Gasteiger partial charge in [-0.15, -0.1) is 0 Å². The highest BCUT2D eigenvalue weighted by Crippen LogP contribution is 2.55. The van der Waals surface area contributed by atoms with E-state index in [1.165, 1.54) is 18.2 Å². The lowest BCUT2D eigenvalue weighted by Crippen LogP contribution is -2.59. The number of halogens is 2. The minimum absolute atomic E-state index is 0.0443. The summed E-state index contributed by atoms with van der Waals surface area (Å²) in [5.74, 6) is -1.48. The molecular formula is C27H28F2N2O5. The number of carboxylic acids is 1. The number of aliphatic carboxylic acids is 1. The van der Waals surface area contributed by atoms with Crippen molar-refractivity contribution in [2.24, 2.45) is 5.92 Å². The molecule has 7 nitrogen and oxygen atoms in total. The van der Waals surface area contributed by atoms with Crippen LogP contribution < -0.4 is 4.90 Å². The molecule has 2 fully saturated rings. The van der Waals surface area contributed by atoms with Crippen LogP contribution in [0, 0.1) is 5.92 Å². The van der Waals surface area contributed by atoms with Crippen LogP contribution in [0.2, 0.25) is 0 Å². The van der Waals surface area contributed by atoms with E-state index in [4.69, 9.17) is 9.84 Å². The molecule has 1 aliphatic heterocycles. The largest absolute Gasteiger partial charge is 0.481 e. The number of fused-ring (bicyclic) bond motifs is 2. The molecule has 3 atom stereocenters. The first-order valence-electron chi connectivity index (χ1n) is 12.3.